The summed E-state index contributed by atoms with van der Waals surface area (Å²) in [7, 11) is 0. The highest BCUT2D eigenvalue weighted by atomic mass is 16.5. The van der Waals surface area contributed by atoms with Crippen molar-refractivity contribution in [2.24, 2.45) is 11.7 Å². The Morgan fingerprint density at radius 3 is 2.50 bits per heavy atom. The van der Waals surface area contributed by atoms with Gasteiger partial charge in [-0.2, -0.15) is 0 Å². The summed E-state index contributed by atoms with van der Waals surface area (Å²) in [6.45, 7) is 3.96. The van der Waals surface area contributed by atoms with E-state index >= 15 is 0 Å². The van der Waals surface area contributed by atoms with Gasteiger partial charge in [-0.1, -0.05) is 0 Å². The van der Waals surface area contributed by atoms with Crippen LogP contribution < -0.4 is 10.5 Å². The van der Waals surface area contributed by atoms with E-state index in [-0.39, 0.29) is 5.84 Å². The molecule has 0 aromatic heterocycles. The largest absolute Gasteiger partial charge is 0.492 e. The van der Waals surface area contributed by atoms with Gasteiger partial charge in [-0.15, -0.1) is 0 Å². The van der Waals surface area contributed by atoms with Crippen LogP contribution in [0.15, 0.2) is 24.3 Å². The zero-order valence-electron chi connectivity index (χ0n) is 11.7. The van der Waals surface area contributed by atoms with Gasteiger partial charge in [-0.25, -0.2) is 0 Å². The molecule has 0 aliphatic carbocycles. The van der Waals surface area contributed by atoms with Crippen LogP contribution >= 0.6 is 0 Å². The van der Waals surface area contributed by atoms with E-state index in [1.54, 1.807) is 12.1 Å². The number of aliphatic hydroxyl groups is 1. The molecule has 20 heavy (non-hydrogen) atoms. The number of ether oxygens (including phenoxy) is 1. The molecule has 1 heterocycles. The minimum absolute atomic E-state index is 0.0725. The fourth-order valence-electron chi connectivity index (χ4n) is 2.42. The van der Waals surface area contributed by atoms with Crippen LogP contribution in [-0.2, 0) is 0 Å². The average molecular weight is 277 g/mol. The quantitative estimate of drug-likeness (QED) is 0.536. The summed E-state index contributed by atoms with van der Waals surface area (Å²) >= 11 is 0. The molecule has 5 heteroatoms. The Balaban J connectivity index is 1.69. The summed E-state index contributed by atoms with van der Waals surface area (Å²) in [5.41, 5.74) is 6.11. The highest BCUT2D eigenvalue weighted by Gasteiger charge is 2.17. The van der Waals surface area contributed by atoms with E-state index < -0.39 is 0 Å². The van der Waals surface area contributed by atoms with Gasteiger partial charge in [0.15, 0.2) is 0 Å². The third-order valence-electron chi connectivity index (χ3n) is 3.81. The summed E-state index contributed by atoms with van der Waals surface area (Å²) < 4.78 is 5.69. The number of rotatable bonds is 6. The van der Waals surface area contributed by atoms with E-state index in [9.17, 15) is 0 Å². The number of benzene rings is 1. The van der Waals surface area contributed by atoms with Crippen LogP contribution in [0, 0.1) is 11.3 Å². The van der Waals surface area contributed by atoms with E-state index in [1.807, 2.05) is 12.1 Å². The maximum Gasteiger partial charge on any atom is 0.122 e. The molecule has 0 radical (unpaired) electrons. The van der Waals surface area contributed by atoms with Crippen LogP contribution in [0.3, 0.4) is 0 Å². The Labute approximate surface area is 119 Å². The Morgan fingerprint density at radius 1 is 1.30 bits per heavy atom. The van der Waals surface area contributed by atoms with Gasteiger partial charge < -0.3 is 15.6 Å². The standard InChI is InChI=1S/C15H23N3O2/c16-15(17)13-1-3-14(4-2-13)20-10-9-18-7-5-12(11-19)6-8-18/h1-4,12,19H,5-11H2,(H3,16,17). The lowest BCUT2D eigenvalue weighted by atomic mass is 9.98. The molecular weight excluding hydrogens is 254 g/mol. The van der Waals surface area contributed by atoms with Gasteiger partial charge in [-0.3, -0.25) is 10.3 Å². The highest BCUT2D eigenvalue weighted by molar-refractivity contribution is 5.94. The smallest absolute Gasteiger partial charge is 0.122 e. The molecule has 1 saturated heterocycles. The molecule has 0 saturated carbocycles. The van der Waals surface area contributed by atoms with Crippen LogP contribution in [0.1, 0.15) is 18.4 Å². The molecule has 1 aliphatic rings. The minimum atomic E-state index is 0.0725. The van der Waals surface area contributed by atoms with E-state index in [1.165, 1.54) is 0 Å². The molecule has 1 aliphatic heterocycles. The molecule has 1 fully saturated rings. The zero-order valence-corrected chi connectivity index (χ0v) is 11.7. The Morgan fingerprint density at radius 2 is 1.95 bits per heavy atom. The van der Waals surface area contributed by atoms with Crippen molar-refractivity contribution in [2.75, 3.05) is 32.8 Å². The number of nitrogen functional groups attached to an aromatic ring is 1. The first-order chi connectivity index (χ1) is 9.69. The van der Waals surface area contributed by atoms with Crippen molar-refractivity contribution in [2.45, 2.75) is 12.8 Å². The number of nitrogens with zero attached hydrogens (tertiary/aromatic N) is 1. The molecule has 2 rings (SSSR count). The van der Waals surface area contributed by atoms with Crippen LogP contribution in [0.25, 0.3) is 0 Å². The molecule has 0 amide bonds. The first-order valence-corrected chi connectivity index (χ1v) is 7.09. The molecule has 1 aromatic rings. The zero-order chi connectivity index (χ0) is 14.4. The van der Waals surface area contributed by atoms with Gasteiger partial charge in [0.2, 0.25) is 0 Å². The third kappa shape index (κ3) is 4.21. The second-order valence-corrected chi connectivity index (χ2v) is 5.25. The summed E-state index contributed by atoms with van der Waals surface area (Å²) in [6, 6.07) is 7.28. The summed E-state index contributed by atoms with van der Waals surface area (Å²) in [4.78, 5) is 2.37. The van der Waals surface area contributed by atoms with Crippen LogP contribution in [0.4, 0.5) is 0 Å². The highest BCUT2D eigenvalue weighted by Crippen LogP contribution is 2.16. The lowest BCUT2D eigenvalue weighted by molar-refractivity contribution is 0.119. The van der Waals surface area contributed by atoms with Crippen molar-refractivity contribution in [3.05, 3.63) is 29.8 Å². The van der Waals surface area contributed by atoms with E-state index in [0.717, 1.165) is 38.2 Å². The fraction of sp³-hybridized carbons (Fsp3) is 0.533. The molecule has 0 spiro atoms. The van der Waals surface area contributed by atoms with E-state index in [2.05, 4.69) is 4.90 Å². The maximum atomic E-state index is 9.10. The number of likely N-dealkylation sites (tertiary alicyclic amines) is 1. The molecule has 4 N–H and O–H groups in total. The Hall–Kier alpha value is -1.59. The summed E-state index contributed by atoms with van der Waals surface area (Å²) in [5.74, 6) is 1.36. The van der Waals surface area contributed by atoms with Crippen molar-refractivity contribution in [3.63, 3.8) is 0 Å². The minimum Gasteiger partial charge on any atom is -0.492 e. The third-order valence-corrected chi connectivity index (χ3v) is 3.81. The number of nitrogens with one attached hydrogen (secondary N) is 1. The maximum absolute atomic E-state index is 9.10. The van der Waals surface area contributed by atoms with E-state index in [4.69, 9.17) is 21.0 Å². The first kappa shape index (κ1) is 14.8. The molecular formula is C15H23N3O2. The van der Waals surface area contributed by atoms with Crippen molar-refractivity contribution in [3.8, 4) is 5.75 Å². The van der Waals surface area contributed by atoms with Crippen molar-refractivity contribution in [1.29, 1.82) is 5.41 Å². The molecule has 0 unspecified atom stereocenters. The molecule has 0 bridgehead atoms. The Bertz CT molecular complexity index is 425. The van der Waals surface area contributed by atoms with Gasteiger partial charge in [0, 0.05) is 18.7 Å². The molecule has 1 aromatic carbocycles. The summed E-state index contributed by atoms with van der Waals surface area (Å²) in [6.07, 6.45) is 2.15. The monoisotopic (exact) mass is 277 g/mol. The van der Waals surface area contributed by atoms with Gasteiger partial charge in [0.05, 0.1) is 0 Å². The van der Waals surface area contributed by atoms with Gasteiger partial charge in [0.25, 0.3) is 0 Å². The normalized spacial score (nSPS) is 17.1. The van der Waals surface area contributed by atoms with Gasteiger partial charge >= 0.3 is 0 Å². The summed E-state index contributed by atoms with van der Waals surface area (Å²) in [5, 5.41) is 16.4. The lowest BCUT2D eigenvalue weighted by Crippen LogP contribution is -2.37. The fourth-order valence-corrected chi connectivity index (χ4v) is 2.42. The van der Waals surface area contributed by atoms with Gasteiger partial charge in [0.1, 0.15) is 18.2 Å². The predicted molar refractivity (Wildman–Crippen MR) is 79.2 cm³/mol. The number of hydrogen-bond acceptors (Lipinski definition) is 4. The number of aliphatic hydroxyl groups excluding tert-OH is 1. The van der Waals surface area contributed by atoms with Crippen LogP contribution in [0.2, 0.25) is 0 Å². The molecule has 110 valence electrons. The predicted octanol–water partition coefficient (Wildman–Crippen LogP) is 1.05. The number of piperidine rings is 1. The van der Waals surface area contributed by atoms with Crippen LogP contribution in [0.5, 0.6) is 5.75 Å². The van der Waals surface area contributed by atoms with Crippen molar-refractivity contribution < 1.29 is 9.84 Å². The second-order valence-electron chi connectivity index (χ2n) is 5.25. The first-order valence-electron chi connectivity index (χ1n) is 7.09. The molecule has 5 nitrogen and oxygen atoms in total. The molecule has 0 atom stereocenters. The number of hydrogen-bond donors (Lipinski definition) is 3. The van der Waals surface area contributed by atoms with Crippen molar-refractivity contribution in [1.82, 2.24) is 4.90 Å². The second kappa shape index (κ2) is 7.26. The van der Waals surface area contributed by atoms with Gasteiger partial charge in [-0.05, 0) is 56.1 Å². The topological polar surface area (TPSA) is 82.6 Å². The number of nitrogens with two attached hydrogens (primary N) is 1. The lowest BCUT2D eigenvalue weighted by Gasteiger charge is -2.30. The van der Waals surface area contributed by atoms with E-state index in [0.29, 0.717) is 24.7 Å². The van der Waals surface area contributed by atoms with Crippen molar-refractivity contribution >= 4 is 5.84 Å². The average Bonchev–Trinajstić information content (AvgIpc) is 2.48. The Kier molecular flexibility index (Phi) is 5.38. The van der Waals surface area contributed by atoms with Crippen LogP contribution in [-0.4, -0.2) is 48.7 Å². The SMILES string of the molecule is N=C(N)c1ccc(OCCN2CCC(CO)CC2)cc1. The number of amidine groups is 1.